The lowest BCUT2D eigenvalue weighted by Gasteiger charge is -2.19. The molecule has 2 rings (SSSR count). The Kier molecular flexibility index (Phi) is 3.00. The fourth-order valence-electron chi connectivity index (χ4n) is 1.98. The van der Waals surface area contributed by atoms with E-state index in [-0.39, 0.29) is 0 Å². The van der Waals surface area contributed by atoms with Gasteiger partial charge in [-0.25, -0.2) is 9.97 Å². The largest absolute Gasteiger partial charge is 0.311 e. The molecule has 1 aliphatic rings. The van der Waals surface area contributed by atoms with E-state index in [1.54, 1.807) is 12.5 Å². The second kappa shape index (κ2) is 4.27. The average molecular weight is 205 g/mol. The van der Waals surface area contributed by atoms with Crippen molar-refractivity contribution in [3.8, 4) is 0 Å². The van der Waals surface area contributed by atoms with Gasteiger partial charge in [-0.2, -0.15) is 0 Å². The van der Waals surface area contributed by atoms with Crippen molar-refractivity contribution in [3.05, 3.63) is 24.3 Å². The average Bonchev–Trinajstić information content (AvgIpc) is 3.01. The van der Waals surface area contributed by atoms with Crippen molar-refractivity contribution in [1.29, 1.82) is 0 Å². The molecule has 1 aromatic rings. The molecule has 0 bridgehead atoms. The first-order valence-corrected chi connectivity index (χ1v) is 5.68. The number of nitrogens with one attached hydrogen (secondary N) is 1. The molecule has 0 aliphatic heterocycles. The third kappa shape index (κ3) is 2.53. The summed E-state index contributed by atoms with van der Waals surface area (Å²) in [6.45, 7) is 6.62. The van der Waals surface area contributed by atoms with Crippen molar-refractivity contribution in [1.82, 2.24) is 15.3 Å². The predicted octanol–water partition coefficient (Wildman–Crippen LogP) is 2.00. The third-order valence-electron chi connectivity index (χ3n) is 3.54. The Labute approximate surface area is 91.3 Å². The number of aromatic nitrogens is 2. The third-order valence-corrected chi connectivity index (χ3v) is 3.54. The summed E-state index contributed by atoms with van der Waals surface area (Å²) in [6, 6.07) is 1.96. The summed E-state index contributed by atoms with van der Waals surface area (Å²) in [7, 11) is 0. The standard InChI is InChI=1S/C12H19N3/c1-10(2)12(4-5-12)8-14-7-11-3-6-13-9-15-11/h3,6,9-10,14H,4-5,7-8H2,1-2H3. The first-order valence-electron chi connectivity index (χ1n) is 5.68. The van der Waals surface area contributed by atoms with E-state index in [9.17, 15) is 0 Å². The van der Waals surface area contributed by atoms with Crippen molar-refractivity contribution >= 4 is 0 Å². The Balaban J connectivity index is 1.76. The lowest BCUT2D eigenvalue weighted by molar-refractivity contribution is 0.337. The van der Waals surface area contributed by atoms with E-state index in [0.29, 0.717) is 5.41 Å². The number of hydrogen-bond donors (Lipinski definition) is 1. The molecule has 0 spiro atoms. The minimum Gasteiger partial charge on any atom is -0.311 e. The van der Waals surface area contributed by atoms with Crippen molar-refractivity contribution in [3.63, 3.8) is 0 Å². The molecule has 0 aromatic carbocycles. The lowest BCUT2D eigenvalue weighted by Crippen LogP contribution is -2.27. The van der Waals surface area contributed by atoms with Gasteiger partial charge >= 0.3 is 0 Å². The minimum absolute atomic E-state index is 0.576. The molecule has 1 N–H and O–H groups in total. The van der Waals surface area contributed by atoms with Gasteiger partial charge in [-0.3, -0.25) is 0 Å². The van der Waals surface area contributed by atoms with Crippen molar-refractivity contribution < 1.29 is 0 Å². The molecule has 1 saturated carbocycles. The van der Waals surface area contributed by atoms with Crippen LogP contribution in [0.3, 0.4) is 0 Å². The highest BCUT2D eigenvalue weighted by Crippen LogP contribution is 2.51. The minimum atomic E-state index is 0.576. The predicted molar refractivity (Wildman–Crippen MR) is 60.2 cm³/mol. The molecule has 0 unspecified atom stereocenters. The molecule has 1 aromatic heterocycles. The lowest BCUT2D eigenvalue weighted by atomic mass is 9.92. The van der Waals surface area contributed by atoms with Gasteiger partial charge in [-0.15, -0.1) is 0 Å². The zero-order chi connectivity index (χ0) is 10.7. The van der Waals surface area contributed by atoms with Crippen LogP contribution in [0.25, 0.3) is 0 Å². The van der Waals surface area contributed by atoms with Crippen LogP contribution in [0, 0.1) is 11.3 Å². The van der Waals surface area contributed by atoms with Crippen LogP contribution in [0.5, 0.6) is 0 Å². The maximum Gasteiger partial charge on any atom is 0.115 e. The van der Waals surface area contributed by atoms with Gasteiger partial charge in [0.15, 0.2) is 0 Å². The fourth-order valence-corrected chi connectivity index (χ4v) is 1.98. The quantitative estimate of drug-likeness (QED) is 0.799. The highest BCUT2D eigenvalue weighted by Gasteiger charge is 2.44. The van der Waals surface area contributed by atoms with E-state index < -0.39 is 0 Å². The Morgan fingerprint density at radius 2 is 2.27 bits per heavy atom. The van der Waals surface area contributed by atoms with E-state index in [0.717, 1.165) is 24.7 Å². The van der Waals surface area contributed by atoms with Gasteiger partial charge in [0.1, 0.15) is 6.33 Å². The molecule has 0 atom stereocenters. The summed E-state index contributed by atoms with van der Waals surface area (Å²) in [5, 5.41) is 3.50. The number of hydrogen-bond acceptors (Lipinski definition) is 3. The van der Waals surface area contributed by atoms with E-state index >= 15 is 0 Å². The van der Waals surface area contributed by atoms with E-state index in [1.807, 2.05) is 6.07 Å². The molecule has 1 heterocycles. The second-order valence-corrected chi connectivity index (χ2v) is 4.82. The molecule has 0 saturated heterocycles. The number of rotatable bonds is 5. The molecule has 1 aliphatic carbocycles. The van der Waals surface area contributed by atoms with Gasteiger partial charge in [0.25, 0.3) is 0 Å². The highest BCUT2D eigenvalue weighted by molar-refractivity contribution is 5.00. The summed E-state index contributed by atoms with van der Waals surface area (Å²) in [5.41, 5.74) is 1.65. The Morgan fingerprint density at radius 3 is 2.80 bits per heavy atom. The van der Waals surface area contributed by atoms with Crippen molar-refractivity contribution in [2.45, 2.75) is 33.2 Å². The fraction of sp³-hybridized carbons (Fsp3) is 0.667. The summed E-state index contributed by atoms with van der Waals surface area (Å²) < 4.78 is 0. The molecular formula is C12H19N3. The van der Waals surface area contributed by atoms with Crippen LogP contribution in [0.1, 0.15) is 32.4 Å². The molecule has 0 amide bonds. The maximum atomic E-state index is 4.19. The summed E-state index contributed by atoms with van der Waals surface area (Å²) >= 11 is 0. The van der Waals surface area contributed by atoms with Crippen LogP contribution in [0.15, 0.2) is 18.6 Å². The SMILES string of the molecule is CC(C)C1(CNCc2ccncn2)CC1. The molecule has 0 radical (unpaired) electrons. The van der Waals surface area contributed by atoms with Crippen LogP contribution in [0.4, 0.5) is 0 Å². The Bertz CT molecular complexity index is 304. The van der Waals surface area contributed by atoms with Gasteiger partial charge < -0.3 is 5.32 Å². The first kappa shape index (κ1) is 10.6. The van der Waals surface area contributed by atoms with Gasteiger partial charge in [0.2, 0.25) is 0 Å². The Hall–Kier alpha value is -0.960. The molecule has 3 nitrogen and oxygen atoms in total. The van der Waals surface area contributed by atoms with Crippen LogP contribution >= 0.6 is 0 Å². The van der Waals surface area contributed by atoms with Gasteiger partial charge in [0, 0.05) is 19.3 Å². The van der Waals surface area contributed by atoms with Crippen LogP contribution in [-0.2, 0) is 6.54 Å². The van der Waals surface area contributed by atoms with Crippen LogP contribution in [0.2, 0.25) is 0 Å². The van der Waals surface area contributed by atoms with Crippen molar-refractivity contribution in [2.75, 3.05) is 6.54 Å². The normalized spacial score (nSPS) is 18.1. The highest BCUT2D eigenvalue weighted by atomic mass is 14.9. The zero-order valence-corrected chi connectivity index (χ0v) is 9.53. The topological polar surface area (TPSA) is 37.8 Å². The molecule has 82 valence electrons. The summed E-state index contributed by atoms with van der Waals surface area (Å²) in [6.07, 6.45) is 6.15. The van der Waals surface area contributed by atoms with Crippen LogP contribution in [-0.4, -0.2) is 16.5 Å². The molecule has 1 fully saturated rings. The molecular weight excluding hydrogens is 186 g/mol. The monoisotopic (exact) mass is 205 g/mol. The Morgan fingerprint density at radius 1 is 1.47 bits per heavy atom. The van der Waals surface area contributed by atoms with E-state index in [1.165, 1.54) is 12.8 Å². The molecule has 15 heavy (non-hydrogen) atoms. The van der Waals surface area contributed by atoms with Gasteiger partial charge in [0.05, 0.1) is 5.69 Å². The summed E-state index contributed by atoms with van der Waals surface area (Å²) in [4.78, 5) is 8.09. The van der Waals surface area contributed by atoms with E-state index in [4.69, 9.17) is 0 Å². The maximum absolute atomic E-state index is 4.19. The smallest absolute Gasteiger partial charge is 0.115 e. The first-order chi connectivity index (χ1) is 7.23. The van der Waals surface area contributed by atoms with Crippen LogP contribution < -0.4 is 5.32 Å². The van der Waals surface area contributed by atoms with Crippen molar-refractivity contribution in [2.24, 2.45) is 11.3 Å². The van der Waals surface area contributed by atoms with E-state index in [2.05, 4.69) is 29.1 Å². The van der Waals surface area contributed by atoms with Gasteiger partial charge in [-0.05, 0) is 30.2 Å². The summed E-state index contributed by atoms with van der Waals surface area (Å²) in [5.74, 6) is 0.787. The molecule has 3 heteroatoms. The second-order valence-electron chi connectivity index (χ2n) is 4.82. The zero-order valence-electron chi connectivity index (χ0n) is 9.53. The number of nitrogens with zero attached hydrogens (tertiary/aromatic N) is 2. The van der Waals surface area contributed by atoms with Gasteiger partial charge in [-0.1, -0.05) is 13.8 Å².